The number of furan rings is 1. The van der Waals surface area contributed by atoms with Crippen molar-refractivity contribution in [3.8, 4) is 0 Å². The highest BCUT2D eigenvalue weighted by molar-refractivity contribution is 5.89. The van der Waals surface area contributed by atoms with E-state index in [0.717, 1.165) is 0 Å². The number of fused-ring (bicyclic) bond motifs is 1. The average Bonchev–Trinajstić information content (AvgIpc) is 2.46. The highest BCUT2D eigenvalue weighted by Crippen LogP contribution is 2.14. The maximum absolute atomic E-state index is 10.4. The lowest BCUT2D eigenvalue weighted by molar-refractivity contribution is 0.0665. The minimum Gasteiger partial charge on any atom is -0.475 e. The fourth-order valence-electron chi connectivity index (χ4n) is 0.891. The smallest absolute Gasteiger partial charge is 0.371 e. The van der Waals surface area contributed by atoms with Crippen LogP contribution < -0.4 is 0 Å². The van der Waals surface area contributed by atoms with Gasteiger partial charge in [-0.3, -0.25) is 0 Å². The van der Waals surface area contributed by atoms with Crippen LogP contribution in [-0.4, -0.2) is 21.0 Å². The molecule has 0 aliphatic heterocycles. The van der Waals surface area contributed by atoms with Crippen molar-refractivity contribution in [2.75, 3.05) is 0 Å². The second kappa shape index (κ2) is 2.30. The van der Waals surface area contributed by atoms with Crippen LogP contribution in [0, 0.1) is 0 Å². The molecule has 0 bridgehead atoms. The molecule has 0 aliphatic carbocycles. The average molecular weight is 164 g/mol. The van der Waals surface area contributed by atoms with Crippen molar-refractivity contribution in [2.45, 2.75) is 0 Å². The van der Waals surface area contributed by atoms with E-state index in [9.17, 15) is 4.79 Å². The number of aromatic nitrogens is 2. The second-order valence-electron chi connectivity index (χ2n) is 2.19. The first kappa shape index (κ1) is 6.78. The lowest BCUT2D eigenvalue weighted by Gasteiger charge is -1.82. The maximum atomic E-state index is 10.4. The summed E-state index contributed by atoms with van der Waals surface area (Å²) in [7, 11) is 0. The van der Waals surface area contributed by atoms with Gasteiger partial charge in [-0.25, -0.2) is 14.8 Å². The highest BCUT2D eigenvalue weighted by Gasteiger charge is 2.10. The summed E-state index contributed by atoms with van der Waals surface area (Å²) in [5.74, 6) is -1.22. The van der Waals surface area contributed by atoms with Crippen LogP contribution in [0.4, 0.5) is 0 Å². The number of hydrogen-bond donors (Lipinski definition) is 1. The van der Waals surface area contributed by atoms with Gasteiger partial charge < -0.3 is 9.52 Å². The number of nitrogens with zero attached hydrogens (tertiary/aromatic N) is 2. The van der Waals surface area contributed by atoms with Crippen molar-refractivity contribution in [1.82, 2.24) is 9.97 Å². The SMILES string of the molecule is O=C(O)c1cc2ncncc2o1. The van der Waals surface area contributed by atoms with Gasteiger partial charge in [0.2, 0.25) is 5.76 Å². The van der Waals surface area contributed by atoms with Crippen LogP contribution in [0.25, 0.3) is 11.1 Å². The van der Waals surface area contributed by atoms with E-state index < -0.39 is 5.97 Å². The Bertz CT molecular complexity index is 402. The molecule has 2 aromatic rings. The Morgan fingerprint density at radius 3 is 3.08 bits per heavy atom. The number of carboxylic acids is 1. The first-order valence-electron chi connectivity index (χ1n) is 3.20. The zero-order valence-corrected chi connectivity index (χ0v) is 5.89. The van der Waals surface area contributed by atoms with E-state index in [1.807, 2.05) is 0 Å². The third-order valence-electron chi connectivity index (χ3n) is 1.41. The summed E-state index contributed by atoms with van der Waals surface area (Å²) in [5.41, 5.74) is 0.886. The summed E-state index contributed by atoms with van der Waals surface area (Å²) in [6.45, 7) is 0. The lowest BCUT2D eigenvalue weighted by Crippen LogP contribution is -1.91. The molecule has 0 radical (unpaired) electrons. The molecule has 0 saturated carbocycles. The van der Waals surface area contributed by atoms with Gasteiger partial charge in [0.1, 0.15) is 11.8 Å². The van der Waals surface area contributed by atoms with Gasteiger partial charge in [-0.2, -0.15) is 0 Å². The Hall–Kier alpha value is -1.91. The van der Waals surface area contributed by atoms with E-state index in [-0.39, 0.29) is 5.76 Å². The fraction of sp³-hybridized carbons (Fsp3) is 0. The van der Waals surface area contributed by atoms with Crippen LogP contribution in [0.2, 0.25) is 0 Å². The normalized spacial score (nSPS) is 10.3. The minimum absolute atomic E-state index is 0.120. The molecule has 0 spiro atoms. The summed E-state index contributed by atoms with van der Waals surface area (Å²) in [6, 6.07) is 1.36. The van der Waals surface area contributed by atoms with Gasteiger partial charge in [-0.05, 0) is 0 Å². The monoisotopic (exact) mass is 164 g/mol. The molecule has 0 atom stereocenters. The molecule has 60 valence electrons. The zero-order valence-electron chi connectivity index (χ0n) is 5.89. The van der Waals surface area contributed by atoms with E-state index in [4.69, 9.17) is 9.52 Å². The number of hydrogen-bond acceptors (Lipinski definition) is 4. The van der Waals surface area contributed by atoms with Gasteiger partial charge in [-0.1, -0.05) is 0 Å². The van der Waals surface area contributed by atoms with Crippen molar-refractivity contribution >= 4 is 17.1 Å². The van der Waals surface area contributed by atoms with E-state index in [0.29, 0.717) is 11.1 Å². The predicted molar refractivity (Wildman–Crippen MR) is 38.8 cm³/mol. The van der Waals surface area contributed by atoms with E-state index in [1.54, 1.807) is 0 Å². The van der Waals surface area contributed by atoms with Crippen molar-refractivity contribution in [3.63, 3.8) is 0 Å². The van der Waals surface area contributed by atoms with Crippen LogP contribution in [-0.2, 0) is 0 Å². The molecule has 0 amide bonds. The molecule has 5 nitrogen and oxygen atoms in total. The van der Waals surface area contributed by atoms with Crippen LogP contribution in [0.1, 0.15) is 10.6 Å². The summed E-state index contributed by atoms with van der Waals surface area (Å²) < 4.78 is 4.90. The topological polar surface area (TPSA) is 76.2 Å². The standard InChI is InChI=1S/C7H4N2O3/c10-7(11)5-1-4-6(12-5)2-8-3-9-4/h1-3H,(H,10,11). The van der Waals surface area contributed by atoms with Crippen LogP contribution in [0.15, 0.2) is 23.0 Å². The number of carboxylic acid groups (broad SMARTS) is 1. The molecule has 0 aromatic carbocycles. The molecule has 0 saturated heterocycles. The van der Waals surface area contributed by atoms with Gasteiger partial charge in [-0.15, -0.1) is 0 Å². The lowest BCUT2D eigenvalue weighted by atomic mass is 10.4. The van der Waals surface area contributed by atoms with Gasteiger partial charge in [0.15, 0.2) is 5.58 Å². The molecule has 12 heavy (non-hydrogen) atoms. The van der Waals surface area contributed by atoms with Gasteiger partial charge in [0.25, 0.3) is 0 Å². The van der Waals surface area contributed by atoms with Crippen LogP contribution in [0.3, 0.4) is 0 Å². The summed E-state index contributed by atoms with van der Waals surface area (Å²) in [5, 5.41) is 8.54. The fourth-order valence-corrected chi connectivity index (χ4v) is 0.891. The summed E-state index contributed by atoms with van der Waals surface area (Å²) >= 11 is 0. The molecule has 2 rings (SSSR count). The molecule has 1 N–H and O–H groups in total. The van der Waals surface area contributed by atoms with E-state index >= 15 is 0 Å². The Kier molecular flexibility index (Phi) is 1.30. The van der Waals surface area contributed by atoms with Crippen LogP contribution >= 0.6 is 0 Å². The molecular formula is C7H4N2O3. The molecule has 5 heteroatoms. The Morgan fingerprint density at radius 1 is 1.58 bits per heavy atom. The Balaban J connectivity index is 2.70. The molecule has 2 heterocycles. The third-order valence-corrected chi connectivity index (χ3v) is 1.41. The predicted octanol–water partition coefficient (Wildman–Crippen LogP) is 0.921. The summed E-state index contributed by atoms with van der Waals surface area (Å²) in [6.07, 6.45) is 2.76. The Labute approximate surface area is 66.7 Å². The van der Waals surface area contributed by atoms with Crippen molar-refractivity contribution in [1.29, 1.82) is 0 Å². The molecular weight excluding hydrogens is 160 g/mol. The molecule has 0 fully saturated rings. The number of carbonyl (C=O) groups is 1. The highest BCUT2D eigenvalue weighted by atomic mass is 16.4. The quantitative estimate of drug-likeness (QED) is 0.678. The largest absolute Gasteiger partial charge is 0.475 e. The van der Waals surface area contributed by atoms with Gasteiger partial charge in [0.05, 0.1) is 6.20 Å². The van der Waals surface area contributed by atoms with Crippen molar-refractivity contribution in [2.24, 2.45) is 0 Å². The summed E-state index contributed by atoms with van der Waals surface area (Å²) in [4.78, 5) is 17.9. The van der Waals surface area contributed by atoms with Crippen molar-refractivity contribution in [3.05, 3.63) is 24.4 Å². The van der Waals surface area contributed by atoms with Gasteiger partial charge >= 0.3 is 5.97 Å². The second-order valence-corrected chi connectivity index (χ2v) is 2.19. The van der Waals surface area contributed by atoms with E-state index in [2.05, 4.69) is 9.97 Å². The minimum atomic E-state index is -1.10. The molecule has 2 aromatic heterocycles. The third kappa shape index (κ3) is 0.914. The molecule has 0 unspecified atom stereocenters. The van der Waals surface area contributed by atoms with Gasteiger partial charge in [0, 0.05) is 6.07 Å². The van der Waals surface area contributed by atoms with Crippen molar-refractivity contribution < 1.29 is 14.3 Å². The maximum Gasteiger partial charge on any atom is 0.371 e. The zero-order chi connectivity index (χ0) is 8.55. The Morgan fingerprint density at radius 2 is 2.42 bits per heavy atom. The van der Waals surface area contributed by atoms with Crippen LogP contribution in [0.5, 0.6) is 0 Å². The first-order valence-corrected chi connectivity index (χ1v) is 3.20. The number of aromatic carboxylic acids is 1. The van der Waals surface area contributed by atoms with E-state index in [1.165, 1.54) is 18.6 Å². The molecule has 0 aliphatic rings. The number of rotatable bonds is 1. The first-order chi connectivity index (χ1) is 5.77.